The van der Waals surface area contributed by atoms with E-state index >= 15 is 0 Å². The molecular formula is C13H17N3O4. The minimum Gasteiger partial charge on any atom is -0.480 e. The minimum absolute atomic E-state index is 0.125. The quantitative estimate of drug-likeness (QED) is 0.510. The van der Waals surface area contributed by atoms with Crippen LogP contribution in [0.15, 0.2) is 24.3 Å². The van der Waals surface area contributed by atoms with E-state index in [1.165, 1.54) is 0 Å². The summed E-state index contributed by atoms with van der Waals surface area (Å²) in [5, 5.41) is 13.0. The third kappa shape index (κ3) is 5.49. The van der Waals surface area contributed by atoms with Crippen LogP contribution in [0.2, 0.25) is 0 Å². The Morgan fingerprint density at radius 3 is 2.20 bits per heavy atom. The van der Waals surface area contributed by atoms with Crippen LogP contribution in [0.5, 0.6) is 0 Å². The van der Waals surface area contributed by atoms with E-state index in [1.54, 1.807) is 12.1 Å². The maximum atomic E-state index is 11.7. The first kappa shape index (κ1) is 15.6. The number of hydrogen-bond donors (Lipinski definition) is 4. The monoisotopic (exact) mass is 279 g/mol. The molecule has 1 rings (SSSR count). The number of carboxylic acid groups (broad SMARTS) is 1. The number of nitrogens with two attached hydrogens (primary N) is 1. The number of carbonyl (C=O) groups is 3. The normalized spacial score (nSPS) is 9.85. The fraction of sp³-hybridized carbons (Fsp3) is 0.308. The summed E-state index contributed by atoms with van der Waals surface area (Å²) in [6.45, 7) is -0.385. The number of carbonyl (C=O) groups excluding carboxylic acids is 2. The van der Waals surface area contributed by atoms with Crippen molar-refractivity contribution in [3.8, 4) is 0 Å². The van der Waals surface area contributed by atoms with Crippen LogP contribution in [-0.4, -0.2) is 36.0 Å². The van der Waals surface area contributed by atoms with Gasteiger partial charge in [0, 0.05) is 6.54 Å². The zero-order valence-electron chi connectivity index (χ0n) is 10.9. The lowest BCUT2D eigenvalue weighted by Crippen LogP contribution is -2.39. The van der Waals surface area contributed by atoms with Crippen molar-refractivity contribution in [3.05, 3.63) is 35.4 Å². The number of amides is 2. The van der Waals surface area contributed by atoms with Crippen LogP contribution in [0.3, 0.4) is 0 Å². The summed E-state index contributed by atoms with van der Waals surface area (Å²) in [7, 11) is 0. The highest BCUT2D eigenvalue weighted by molar-refractivity contribution is 5.87. The Bertz CT molecular complexity index is 502. The molecule has 0 bridgehead atoms. The number of benzene rings is 1. The van der Waals surface area contributed by atoms with Crippen molar-refractivity contribution in [3.63, 3.8) is 0 Å². The molecule has 0 spiro atoms. The molecule has 0 atom stereocenters. The van der Waals surface area contributed by atoms with Crippen molar-refractivity contribution in [2.75, 3.05) is 13.1 Å². The van der Waals surface area contributed by atoms with Gasteiger partial charge < -0.3 is 21.5 Å². The molecule has 0 heterocycles. The summed E-state index contributed by atoms with van der Waals surface area (Å²) < 4.78 is 0. The van der Waals surface area contributed by atoms with Crippen molar-refractivity contribution in [1.82, 2.24) is 10.6 Å². The maximum Gasteiger partial charge on any atom is 0.322 e. The molecular weight excluding hydrogens is 262 g/mol. The highest BCUT2D eigenvalue weighted by Gasteiger charge is 2.09. The van der Waals surface area contributed by atoms with Gasteiger partial charge in [0.25, 0.3) is 0 Å². The highest BCUT2D eigenvalue weighted by Crippen LogP contribution is 2.08. The lowest BCUT2D eigenvalue weighted by molar-refractivity contribution is -0.137. The van der Waals surface area contributed by atoms with Crippen LogP contribution < -0.4 is 16.4 Å². The van der Waals surface area contributed by atoms with Crippen molar-refractivity contribution < 1.29 is 19.5 Å². The van der Waals surface area contributed by atoms with E-state index in [0.29, 0.717) is 6.54 Å². The van der Waals surface area contributed by atoms with Crippen molar-refractivity contribution >= 4 is 17.8 Å². The zero-order valence-corrected chi connectivity index (χ0v) is 10.9. The molecule has 0 saturated carbocycles. The molecule has 0 aliphatic carbocycles. The molecule has 7 heteroatoms. The number of carboxylic acids is 1. The number of aliphatic carboxylic acids is 1. The minimum atomic E-state index is -1.14. The van der Waals surface area contributed by atoms with E-state index in [4.69, 9.17) is 10.8 Å². The van der Waals surface area contributed by atoms with E-state index in [0.717, 1.165) is 11.1 Å². The van der Waals surface area contributed by atoms with E-state index < -0.39 is 18.4 Å². The molecule has 0 saturated heterocycles. The van der Waals surface area contributed by atoms with Crippen molar-refractivity contribution in [2.24, 2.45) is 5.73 Å². The fourth-order valence-corrected chi connectivity index (χ4v) is 1.58. The summed E-state index contributed by atoms with van der Waals surface area (Å²) >= 11 is 0. The van der Waals surface area contributed by atoms with E-state index in [-0.39, 0.29) is 18.9 Å². The SMILES string of the molecule is NCc1ccccc1CC(=O)NCC(=O)NCC(=O)O. The molecule has 0 aliphatic heterocycles. The molecule has 0 radical (unpaired) electrons. The standard InChI is InChI=1S/C13H17N3O4/c14-6-10-4-2-1-3-9(10)5-11(17)15-7-12(18)16-8-13(19)20/h1-4H,5-8,14H2,(H,15,17)(H,16,18)(H,19,20). The third-order valence-electron chi connectivity index (χ3n) is 2.57. The Hall–Kier alpha value is -2.41. The van der Waals surface area contributed by atoms with Gasteiger partial charge in [-0.05, 0) is 11.1 Å². The van der Waals surface area contributed by atoms with Gasteiger partial charge in [-0.2, -0.15) is 0 Å². The Morgan fingerprint density at radius 1 is 1.00 bits per heavy atom. The van der Waals surface area contributed by atoms with Gasteiger partial charge in [-0.15, -0.1) is 0 Å². The van der Waals surface area contributed by atoms with E-state index in [9.17, 15) is 14.4 Å². The highest BCUT2D eigenvalue weighted by atomic mass is 16.4. The predicted molar refractivity (Wildman–Crippen MR) is 71.7 cm³/mol. The molecule has 0 aromatic heterocycles. The average Bonchev–Trinajstić information content (AvgIpc) is 2.43. The predicted octanol–water partition coefficient (Wildman–Crippen LogP) is -0.995. The summed E-state index contributed by atoms with van der Waals surface area (Å²) in [4.78, 5) is 33.1. The molecule has 0 fully saturated rings. The topological polar surface area (TPSA) is 122 Å². The van der Waals surface area contributed by atoms with Gasteiger partial charge >= 0.3 is 5.97 Å². The molecule has 0 aliphatic rings. The molecule has 1 aromatic rings. The van der Waals surface area contributed by atoms with Crippen molar-refractivity contribution in [2.45, 2.75) is 13.0 Å². The van der Waals surface area contributed by atoms with Gasteiger partial charge in [0.1, 0.15) is 6.54 Å². The lowest BCUT2D eigenvalue weighted by atomic mass is 10.0. The Kier molecular flexibility index (Phi) is 6.18. The fourth-order valence-electron chi connectivity index (χ4n) is 1.58. The van der Waals surface area contributed by atoms with Crippen LogP contribution in [0.1, 0.15) is 11.1 Å². The molecule has 108 valence electrons. The number of rotatable bonds is 7. The van der Waals surface area contributed by atoms with Crippen LogP contribution in [0.4, 0.5) is 0 Å². The van der Waals surface area contributed by atoms with Gasteiger partial charge in [0.2, 0.25) is 11.8 Å². The van der Waals surface area contributed by atoms with Gasteiger partial charge in [0.15, 0.2) is 0 Å². The van der Waals surface area contributed by atoms with Gasteiger partial charge in [-0.1, -0.05) is 24.3 Å². The van der Waals surface area contributed by atoms with Crippen molar-refractivity contribution in [1.29, 1.82) is 0 Å². The van der Waals surface area contributed by atoms with Gasteiger partial charge in [0.05, 0.1) is 13.0 Å². The Balaban J connectivity index is 2.40. The first-order valence-corrected chi connectivity index (χ1v) is 6.05. The molecule has 2 amide bonds. The summed E-state index contributed by atoms with van der Waals surface area (Å²) in [5.41, 5.74) is 7.24. The van der Waals surface area contributed by atoms with E-state index in [2.05, 4.69) is 10.6 Å². The maximum absolute atomic E-state index is 11.7. The first-order valence-electron chi connectivity index (χ1n) is 6.05. The van der Waals surface area contributed by atoms with Gasteiger partial charge in [-0.25, -0.2) is 0 Å². The molecule has 20 heavy (non-hydrogen) atoms. The first-order chi connectivity index (χ1) is 9.52. The van der Waals surface area contributed by atoms with Crippen LogP contribution in [-0.2, 0) is 27.3 Å². The molecule has 5 N–H and O–H groups in total. The van der Waals surface area contributed by atoms with Crippen LogP contribution in [0.25, 0.3) is 0 Å². The second-order valence-electron chi connectivity index (χ2n) is 4.10. The second-order valence-corrected chi connectivity index (χ2v) is 4.10. The largest absolute Gasteiger partial charge is 0.480 e. The zero-order chi connectivity index (χ0) is 15.0. The molecule has 1 aromatic carbocycles. The smallest absolute Gasteiger partial charge is 0.322 e. The summed E-state index contributed by atoms with van der Waals surface area (Å²) in [5.74, 6) is -2.01. The lowest BCUT2D eigenvalue weighted by Gasteiger charge is -2.08. The molecule has 7 nitrogen and oxygen atoms in total. The third-order valence-corrected chi connectivity index (χ3v) is 2.57. The Labute approximate surface area is 116 Å². The summed E-state index contributed by atoms with van der Waals surface area (Å²) in [6, 6.07) is 7.28. The summed E-state index contributed by atoms with van der Waals surface area (Å²) in [6.07, 6.45) is 0.125. The number of nitrogens with one attached hydrogen (secondary N) is 2. The second kappa shape index (κ2) is 7.90. The van der Waals surface area contributed by atoms with Crippen LogP contribution >= 0.6 is 0 Å². The number of hydrogen-bond acceptors (Lipinski definition) is 4. The van der Waals surface area contributed by atoms with Gasteiger partial charge in [-0.3, -0.25) is 14.4 Å². The average molecular weight is 279 g/mol. The Morgan fingerprint density at radius 2 is 1.60 bits per heavy atom. The molecule has 0 unspecified atom stereocenters. The van der Waals surface area contributed by atoms with Crippen LogP contribution in [0, 0.1) is 0 Å². The van der Waals surface area contributed by atoms with E-state index in [1.807, 2.05) is 12.1 Å².